The summed E-state index contributed by atoms with van der Waals surface area (Å²) in [6, 6.07) is 0. The number of hydrogen-bond donors (Lipinski definition) is 0. The molecule has 0 spiro atoms. The summed E-state index contributed by atoms with van der Waals surface area (Å²) < 4.78 is 16.8. The molecule has 0 aliphatic rings. The van der Waals surface area contributed by atoms with E-state index >= 15 is 0 Å². The number of carbonyl (C=O) groups is 3. The highest BCUT2D eigenvalue weighted by Gasteiger charge is 2.19. The fraction of sp³-hybridized carbons (Fsp3) is 0.726. The maximum absolute atomic E-state index is 12.8. The molecule has 0 saturated carbocycles. The molecule has 0 radical (unpaired) electrons. The second-order valence-electron chi connectivity index (χ2n) is 18.8. The minimum absolute atomic E-state index is 0.0845. The van der Waals surface area contributed by atoms with Crippen molar-refractivity contribution >= 4 is 17.9 Å². The van der Waals surface area contributed by atoms with Crippen LogP contribution < -0.4 is 0 Å². The van der Waals surface area contributed by atoms with Crippen LogP contribution >= 0.6 is 0 Å². The van der Waals surface area contributed by atoms with E-state index in [1.165, 1.54) is 109 Å². The first-order chi connectivity index (χ1) is 33.5. The normalized spacial score (nSPS) is 12.7. The minimum Gasteiger partial charge on any atom is -0.462 e. The number of carbonyl (C=O) groups excluding carboxylic acids is 3. The van der Waals surface area contributed by atoms with Crippen molar-refractivity contribution in [1.29, 1.82) is 0 Å². The highest BCUT2D eigenvalue weighted by Crippen LogP contribution is 2.15. The number of rotatable bonds is 51. The first-order valence-corrected chi connectivity index (χ1v) is 28.6. The molecular formula is C62H106O6. The molecule has 1 atom stereocenters. The summed E-state index contributed by atoms with van der Waals surface area (Å²) in [5.41, 5.74) is 0. The van der Waals surface area contributed by atoms with Crippen molar-refractivity contribution in [3.63, 3.8) is 0 Å². The van der Waals surface area contributed by atoms with Crippen molar-refractivity contribution < 1.29 is 28.6 Å². The third kappa shape index (κ3) is 53.5. The molecule has 0 fully saturated rings. The van der Waals surface area contributed by atoms with Crippen LogP contribution in [0.3, 0.4) is 0 Å². The average Bonchev–Trinajstić information content (AvgIpc) is 3.34. The van der Waals surface area contributed by atoms with Crippen LogP contribution in [0.25, 0.3) is 0 Å². The molecule has 0 aliphatic heterocycles. The second-order valence-corrected chi connectivity index (χ2v) is 18.8. The molecule has 0 aromatic carbocycles. The lowest BCUT2D eigenvalue weighted by atomic mass is 10.1. The highest BCUT2D eigenvalue weighted by atomic mass is 16.6. The molecule has 6 nitrogen and oxygen atoms in total. The quantitative estimate of drug-likeness (QED) is 0.0262. The molecule has 0 bridgehead atoms. The van der Waals surface area contributed by atoms with Crippen LogP contribution in [-0.4, -0.2) is 37.2 Å². The van der Waals surface area contributed by atoms with Crippen molar-refractivity contribution in [2.45, 2.75) is 277 Å². The van der Waals surface area contributed by atoms with Crippen molar-refractivity contribution in [2.75, 3.05) is 13.2 Å². The van der Waals surface area contributed by atoms with E-state index in [1.54, 1.807) is 0 Å². The Labute approximate surface area is 420 Å². The van der Waals surface area contributed by atoms with Gasteiger partial charge in [0.05, 0.1) is 0 Å². The second kappa shape index (κ2) is 56.2. The lowest BCUT2D eigenvalue weighted by molar-refractivity contribution is -0.167. The molecule has 0 aromatic heterocycles. The molecule has 0 rings (SSSR count). The van der Waals surface area contributed by atoms with Gasteiger partial charge in [0.1, 0.15) is 13.2 Å². The summed E-state index contributed by atoms with van der Waals surface area (Å²) in [6.07, 6.45) is 72.8. The zero-order chi connectivity index (χ0) is 49.3. The summed E-state index contributed by atoms with van der Waals surface area (Å²) in [5.74, 6) is -0.907. The van der Waals surface area contributed by atoms with Crippen molar-refractivity contribution in [2.24, 2.45) is 0 Å². The number of hydrogen-bond acceptors (Lipinski definition) is 6. The fourth-order valence-electron chi connectivity index (χ4n) is 7.85. The largest absolute Gasteiger partial charge is 0.462 e. The van der Waals surface area contributed by atoms with Crippen molar-refractivity contribution in [1.82, 2.24) is 0 Å². The Morgan fingerprint density at radius 1 is 0.309 bits per heavy atom. The van der Waals surface area contributed by atoms with Gasteiger partial charge in [-0.25, -0.2) is 0 Å². The van der Waals surface area contributed by atoms with E-state index in [4.69, 9.17) is 14.2 Å². The van der Waals surface area contributed by atoms with Gasteiger partial charge < -0.3 is 14.2 Å². The molecule has 68 heavy (non-hydrogen) atoms. The average molecular weight is 948 g/mol. The van der Waals surface area contributed by atoms with Gasteiger partial charge in [-0.05, 0) is 96.3 Å². The Morgan fingerprint density at radius 3 is 0.912 bits per heavy atom. The summed E-state index contributed by atoms with van der Waals surface area (Å²) in [7, 11) is 0. The number of ether oxygens (including phenoxy) is 3. The predicted octanol–water partition coefficient (Wildman–Crippen LogP) is 19.2. The third-order valence-corrected chi connectivity index (χ3v) is 12.1. The number of allylic oxidation sites excluding steroid dienone is 14. The first-order valence-electron chi connectivity index (χ1n) is 28.6. The molecule has 1 unspecified atom stereocenters. The zero-order valence-corrected chi connectivity index (χ0v) is 44.6. The lowest BCUT2D eigenvalue weighted by Crippen LogP contribution is -2.30. The molecule has 0 aliphatic carbocycles. The zero-order valence-electron chi connectivity index (χ0n) is 44.6. The Balaban J connectivity index is 4.39. The Bertz CT molecular complexity index is 1320. The maximum atomic E-state index is 12.8. The summed E-state index contributed by atoms with van der Waals surface area (Å²) in [4.78, 5) is 38.1. The highest BCUT2D eigenvalue weighted by molar-refractivity contribution is 5.71. The van der Waals surface area contributed by atoms with Gasteiger partial charge >= 0.3 is 17.9 Å². The van der Waals surface area contributed by atoms with Crippen LogP contribution in [0.2, 0.25) is 0 Å². The van der Waals surface area contributed by atoms with E-state index in [1.807, 2.05) is 0 Å². The third-order valence-electron chi connectivity index (χ3n) is 12.1. The Morgan fingerprint density at radius 2 is 0.574 bits per heavy atom. The predicted molar refractivity (Wildman–Crippen MR) is 293 cm³/mol. The summed E-state index contributed by atoms with van der Waals surface area (Å²) in [6.45, 7) is 6.49. The van der Waals surface area contributed by atoms with Gasteiger partial charge in [-0.1, -0.05) is 241 Å². The van der Waals surface area contributed by atoms with Crippen LogP contribution in [0, 0.1) is 0 Å². The smallest absolute Gasteiger partial charge is 0.306 e. The monoisotopic (exact) mass is 947 g/mol. The van der Waals surface area contributed by atoms with Crippen molar-refractivity contribution in [3.8, 4) is 0 Å². The van der Waals surface area contributed by atoms with Gasteiger partial charge in [0.15, 0.2) is 6.10 Å². The van der Waals surface area contributed by atoms with Crippen LogP contribution in [0.4, 0.5) is 0 Å². The molecule has 0 saturated heterocycles. The molecule has 390 valence electrons. The van der Waals surface area contributed by atoms with E-state index in [-0.39, 0.29) is 31.1 Å². The molecule has 0 N–H and O–H groups in total. The van der Waals surface area contributed by atoms with Crippen LogP contribution in [0.1, 0.15) is 271 Å². The minimum atomic E-state index is -0.788. The van der Waals surface area contributed by atoms with E-state index in [0.29, 0.717) is 19.3 Å². The van der Waals surface area contributed by atoms with Crippen LogP contribution in [0.15, 0.2) is 85.1 Å². The number of esters is 3. The van der Waals surface area contributed by atoms with Gasteiger partial charge in [0.25, 0.3) is 0 Å². The topological polar surface area (TPSA) is 78.9 Å². The van der Waals surface area contributed by atoms with Crippen LogP contribution in [0.5, 0.6) is 0 Å². The summed E-state index contributed by atoms with van der Waals surface area (Å²) in [5, 5.41) is 0. The van der Waals surface area contributed by atoms with Gasteiger partial charge in [0.2, 0.25) is 0 Å². The van der Waals surface area contributed by atoms with Crippen LogP contribution in [-0.2, 0) is 28.6 Å². The molecule has 0 amide bonds. The maximum Gasteiger partial charge on any atom is 0.306 e. The van der Waals surface area contributed by atoms with Gasteiger partial charge in [-0.15, -0.1) is 0 Å². The molecule has 6 heteroatoms. The van der Waals surface area contributed by atoms with Gasteiger partial charge in [0, 0.05) is 19.3 Å². The summed E-state index contributed by atoms with van der Waals surface area (Å²) >= 11 is 0. The van der Waals surface area contributed by atoms with E-state index in [2.05, 4.69) is 106 Å². The standard InChI is InChI=1S/C62H106O6/c1-4-7-10-13-16-19-22-24-26-28-30-31-32-34-35-37-40-43-46-49-52-55-61(64)67-58-59(57-66-60(63)54-51-48-45-42-39-21-18-15-12-9-6-3)68-62(65)56-53-50-47-44-41-38-36-33-29-27-25-23-20-17-14-11-8-5-2/h7,10,16,19-20,23-24,26-27,29-31,34-35,59H,4-6,8-9,11-15,17-18,21-22,25,28,32-33,36-58H2,1-3H3/b10-7-,19-16-,23-20-,26-24-,29-27-,31-30-,35-34-. The fourth-order valence-corrected chi connectivity index (χ4v) is 7.85. The van der Waals surface area contributed by atoms with Crippen molar-refractivity contribution in [3.05, 3.63) is 85.1 Å². The lowest BCUT2D eigenvalue weighted by Gasteiger charge is -2.18. The SMILES string of the molecule is CC/C=C\C/C=C\C/C=C\C/C=C\C/C=C\CCCCCCCC(=O)OCC(COC(=O)CCCCCCCCCCCCC)OC(=O)CCCCCCCCC/C=C\C/C=C\CCCCCC. The molecule has 0 aromatic rings. The van der Waals surface area contributed by atoms with E-state index in [0.717, 1.165) is 122 Å². The van der Waals surface area contributed by atoms with Gasteiger partial charge in [-0.3, -0.25) is 14.4 Å². The molecule has 0 heterocycles. The number of unbranched alkanes of at least 4 members (excludes halogenated alkanes) is 26. The van der Waals surface area contributed by atoms with Gasteiger partial charge in [-0.2, -0.15) is 0 Å². The Kier molecular flexibility index (Phi) is 53.4. The van der Waals surface area contributed by atoms with E-state index < -0.39 is 6.10 Å². The Hall–Kier alpha value is -3.41. The molecular weight excluding hydrogens is 841 g/mol. The van der Waals surface area contributed by atoms with E-state index in [9.17, 15) is 14.4 Å². The first kappa shape index (κ1) is 64.6.